The topological polar surface area (TPSA) is 49.4 Å². The van der Waals surface area contributed by atoms with Gasteiger partial charge in [0.25, 0.3) is 11.8 Å². The van der Waals surface area contributed by atoms with Gasteiger partial charge in [0.05, 0.1) is 0 Å². The summed E-state index contributed by atoms with van der Waals surface area (Å²) in [6, 6.07) is 13.1. The van der Waals surface area contributed by atoms with Gasteiger partial charge in [0.15, 0.2) is 0 Å². The van der Waals surface area contributed by atoms with Gasteiger partial charge in [-0.3, -0.25) is 9.59 Å². The van der Waals surface area contributed by atoms with E-state index in [1.165, 1.54) is 24.3 Å². The van der Waals surface area contributed by atoms with E-state index in [1.807, 2.05) is 31.2 Å². The fourth-order valence-corrected chi connectivity index (χ4v) is 3.09. The van der Waals surface area contributed by atoms with E-state index in [-0.39, 0.29) is 23.7 Å². The third kappa shape index (κ3) is 4.05. The molecule has 2 aromatic rings. The van der Waals surface area contributed by atoms with Crippen LogP contribution in [0.1, 0.15) is 39.1 Å². The molecular formula is C20H21FN2O2. The zero-order chi connectivity index (χ0) is 17.8. The number of likely N-dealkylation sites (tertiary alicyclic amines) is 1. The number of rotatable bonds is 3. The van der Waals surface area contributed by atoms with Crippen LogP contribution in [-0.4, -0.2) is 35.8 Å². The summed E-state index contributed by atoms with van der Waals surface area (Å²) in [5, 5.41) is 3.06. The summed E-state index contributed by atoms with van der Waals surface area (Å²) >= 11 is 0. The SMILES string of the molecule is Cc1ccccc1C(=O)NC1CCN(C(=O)c2ccc(F)cc2)CC1. The maximum absolute atomic E-state index is 13.0. The van der Waals surface area contributed by atoms with Crippen LogP contribution in [0.25, 0.3) is 0 Å². The average Bonchev–Trinajstić information content (AvgIpc) is 2.63. The van der Waals surface area contributed by atoms with Crippen molar-refractivity contribution in [2.45, 2.75) is 25.8 Å². The highest BCUT2D eigenvalue weighted by Gasteiger charge is 2.25. The first-order chi connectivity index (χ1) is 12.0. The molecule has 0 saturated carbocycles. The van der Waals surface area contributed by atoms with Crippen molar-refractivity contribution in [1.29, 1.82) is 0 Å². The summed E-state index contributed by atoms with van der Waals surface area (Å²) in [5.41, 5.74) is 2.13. The molecule has 25 heavy (non-hydrogen) atoms. The molecular weight excluding hydrogens is 319 g/mol. The van der Waals surface area contributed by atoms with E-state index in [2.05, 4.69) is 5.32 Å². The monoisotopic (exact) mass is 340 g/mol. The predicted molar refractivity (Wildman–Crippen MR) is 94.0 cm³/mol. The van der Waals surface area contributed by atoms with Gasteiger partial charge in [-0.2, -0.15) is 0 Å². The van der Waals surface area contributed by atoms with Gasteiger partial charge in [0.2, 0.25) is 0 Å². The van der Waals surface area contributed by atoms with Crippen LogP contribution in [0.3, 0.4) is 0 Å². The summed E-state index contributed by atoms with van der Waals surface area (Å²) in [4.78, 5) is 26.6. The molecule has 0 aromatic heterocycles. The average molecular weight is 340 g/mol. The maximum atomic E-state index is 13.0. The number of benzene rings is 2. The van der Waals surface area contributed by atoms with Gasteiger partial charge in [0.1, 0.15) is 5.82 Å². The Morgan fingerprint density at radius 1 is 1.04 bits per heavy atom. The first-order valence-corrected chi connectivity index (χ1v) is 8.46. The summed E-state index contributed by atoms with van der Waals surface area (Å²) < 4.78 is 13.0. The summed E-state index contributed by atoms with van der Waals surface area (Å²) in [5.74, 6) is -0.515. The van der Waals surface area contributed by atoms with Crippen LogP contribution < -0.4 is 5.32 Å². The van der Waals surface area contributed by atoms with E-state index in [1.54, 1.807) is 4.90 Å². The Labute approximate surface area is 146 Å². The van der Waals surface area contributed by atoms with Crippen molar-refractivity contribution < 1.29 is 14.0 Å². The van der Waals surface area contributed by atoms with Crippen LogP contribution in [0, 0.1) is 12.7 Å². The first kappa shape index (κ1) is 17.1. The summed E-state index contributed by atoms with van der Waals surface area (Å²) in [6.45, 7) is 3.07. The number of carbonyl (C=O) groups excluding carboxylic acids is 2. The first-order valence-electron chi connectivity index (χ1n) is 8.46. The van der Waals surface area contributed by atoms with E-state index >= 15 is 0 Å². The van der Waals surface area contributed by atoms with Crippen molar-refractivity contribution in [1.82, 2.24) is 10.2 Å². The third-order valence-corrected chi connectivity index (χ3v) is 4.60. The van der Waals surface area contributed by atoms with Crippen LogP contribution in [0.4, 0.5) is 4.39 Å². The van der Waals surface area contributed by atoms with Crippen molar-refractivity contribution in [3.8, 4) is 0 Å². The van der Waals surface area contributed by atoms with E-state index in [0.717, 1.165) is 5.56 Å². The predicted octanol–water partition coefficient (Wildman–Crippen LogP) is 3.17. The molecule has 0 radical (unpaired) electrons. The molecule has 5 heteroatoms. The number of nitrogens with zero attached hydrogens (tertiary/aromatic N) is 1. The fourth-order valence-electron chi connectivity index (χ4n) is 3.09. The molecule has 130 valence electrons. The van der Waals surface area contributed by atoms with Crippen LogP contribution in [0.15, 0.2) is 48.5 Å². The molecule has 0 aliphatic carbocycles. The van der Waals surface area contributed by atoms with Crippen molar-refractivity contribution in [2.24, 2.45) is 0 Å². The molecule has 3 rings (SSSR count). The van der Waals surface area contributed by atoms with Crippen LogP contribution in [0.2, 0.25) is 0 Å². The number of nitrogens with one attached hydrogen (secondary N) is 1. The van der Waals surface area contributed by atoms with Crippen molar-refractivity contribution >= 4 is 11.8 Å². The lowest BCUT2D eigenvalue weighted by Crippen LogP contribution is -2.46. The molecule has 1 fully saturated rings. The molecule has 1 N–H and O–H groups in total. The van der Waals surface area contributed by atoms with Gasteiger partial charge in [-0.15, -0.1) is 0 Å². The quantitative estimate of drug-likeness (QED) is 0.933. The number of piperidine rings is 1. The summed E-state index contributed by atoms with van der Waals surface area (Å²) in [7, 11) is 0. The highest BCUT2D eigenvalue weighted by atomic mass is 19.1. The molecule has 0 spiro atoms. The minimum absolute atomic E-state index is 0.0596. The number of hydrogen-bond donors (Lipinski definition) is 1. The van der Waals surface area contributed by atoms with E-state index in [4.69, 9.17) is 0 Å². The molecule has 2 amide bonds. The smallest absolute Gasteiger partial charge is 0.253 e. The second-order valence-electron chi connectivity index (χ2n) is 6.36. The Kier molecular flexibility index (Phi) is 5.12. The molecule has 4 nitrogen and oxygen atoms in total. The molecule has 0 atom stereocenters. The zero-order valence-electron chi connectivity index (χ0n) is 14.2. The minimum atomic E-state index is -0.353. The van der Waals surface area contributed by atoms with Crippen LogP contribution >= 0.6 is 0 Å². The maximum Gasteiger partial charge on any atom is 0.253 e. The lowest BCUT2D eigenvalue weighted by Gasteiger charge is -2.32. The van der Waals surface area contributed by atoms with Gasteiger partial charge in [-0.1, -0.05) is 18.2 Å². The fraction of sp³-hybridized carbons (Fsp3) is 0.300. The van der Waals surface area contributed by atoms with Crippen LogP contribution in [0.5, 0.6) is 0 Å². The van der Waals surface area contributed by atoms with Crippen molar-refractivity contribution in [2.75, 3.05) is 13.1 Å². The van der Waals surface area contributed by atoms with Gasteiger partial charge >= 0.3 is 0 Å². The van der Waals surface area contributed by atoms with Gasteiger partial charge in [0, 0.05) is 30.3 Å². The number of halogens is 1. The van der Waals surface area contributed by atoms with E-state index < -0.39 is 0 Å². The van der Waals surface area contributed by atoms with Crippen molar-refractivity contribution in [3.63, 3.8) is 0 Å². The largest absolute Gasteiger partial charge is 0.349 e. The number of carbonyl (C=O) groups is 2. The van der Waals surface area contributed by atoms with Crippen molar-refractivity contribution in [3.05, 3.63) is 71.0 Å². The Bertz CT molecular complexity index is 766. The van der Waals surface area contributed by atoms with E-state index in [0.29, 0.717) is 37.1 Å². The normalized spacial score (nSPS) is 15.0. The Hall–Kier alpha value is -2.69. The molecule has 0 unspecified atom stereocenters. The van der Waals surface area contributed by atoms with Crippen LogP contribution in [-0.2, 0) is 0 Å². The lowest BCUT2D eigenvalue weighted by atomic mass is 10.0. The second kappa shape index (κ2) is 7.47. The van der Waals surface area contributed by atoms with Gasteiger partial charge in [-0.25, -0.2) is 4.39 Å². The number of hydrogen-bond acceptors (Lipinski definition) is 2. The van der Waals surface area contributed by atoms with E-state index in [9.17, 15) is 14.0 Å². The second-order valence-corrected chi connectivity index (χ2v) is 6.36. The Morgan fingerprint density at radius 3 is 2.32 bits per heavy atom. The number of aryl methyl sites for hydroxylation is 1. The minimum Gasteiger partial charge on any atom is -0.349 e. The van der Waals surface area contributed by atoms with Gasteiger partial charge in [-0.05, 0) is 55.7 Å². The highest BCUT2D eigenvalue weighted by molar-refractivity contribution is 5.96. The Balaban J connectivity index is 1.55. The Morgan fingerprint density at radius 2 is 1.68 bits per heavy atom. The zero-order valence-corrected chi connectivity index (χ0v) is 14.2. The third-order valence-electron chi connectivity index (χ3n) is 4.60. The molecule has 1 aliphatic rings. The molecule has 2 aromatic carbocycles. The molecule has 1 aliphatic heterocycles. The summed E-state index contributed by atoms with van der Waals surface area (Å²) in [6.07, 6.45) is 1.43. The highest BCUT2D eigenvalue weighted by Crippen LogP contribution is 2.16. The molecule has 1 heterocycles. The standard InChI is InChI=1S/C20H21FN2O2/c1-14-4-2-3-5-18(14)19(24)22-17-10-12-23(13-11-17)20(25)15-6-8-16(21)9-7-15/h2-9,17H,10-13H2,1H3,(H,22,24). The number of amides is 2. The van der Waals surface area contributed by atoms with Gasteiger partial charge < -0.3 is 10.2 Å². The lowest BCUT2D eigenvalue weighted by molar-refractivity contribution is 0.0698. The molecule has 0 bridgehead atoms. The molecule has 1 saturated heterocycles.